The second-order valence-corrected chi connectivity index (χ2v) is 7.46. The first-order valence-electron chi connectivity index (χ1n) is 10.0. The van der Waals surface area contributed by atoms with Crippen LogP contribution < -0.4 is 0 Å². The summed E-state index contributed by atoms with van der Waals surface area (Å²) in [4.78, 5) is 26.9. The van der Waals surface area contributed by atoms with Gasteiger partial charge in [0.05, 0.1) is 5.57 Å². The Hall–Kier alpha value is -3.92. The monoisotopic (exact) mass is 410 g/mol. The topological polar surface area (TPSA) is 63.6 Å². The van der Waals surface area contributed by atoms with Crippen LogP contribution in [0.4, 0.5) is 0 Å². The normalized spacial score (nSPS) is 19.6. The summed E-state index contributed by atoms with van der Waals surface area (Å²) in [5.74, 6) is -2.61. The molecule has 3 aromatic carbocycles. The van der Waals surface area contributed by atoms with Gasteiger partial charge in [-0.2, -0.15) is 0 Å². The third-order valence-corrected chi connectivity index (χ3v) is 5.57. The Morgan fingerprint density at radius 1 is 0.871 bits per heavy atom. The first-order valence-corrected chi connectivity index (χ1v) is 10.0. The zero-order valence-electron chi connectivity index (χ0n) is 16.9. The highest BCUT2D eigenvalue weighted by molar-refractivity contribution is 6.12. The first kappa shape index (κ1) is 20.4. The number of hydrogen-bond acceptors (Lipinski definition) is 4. The highest BCUT2D eigenvalue weighted by Crippen LogP contribution is 2.41. The molecule has 0 amide bonds. The standard InChI is InChI=1S/C27H22O4/c1-2-22(20-14-8-4-9-15-20)23-24(28)25(29)27(31-26(23)30,21-16-10-5-11-17-21)18-19-12-6-3-7-13-19/h2-17,22,28H,1,18H2. The predicted octanol–water partition coefficient (Wildman–Crippen LogP) is 5.03. The maximum absolute atomic E-state index is 13.6. The summed E-state index contributed by atoms with van der Waals surface area (Å²) in [6.07, 6.45) is 1.64. The third kappa shape index (κ3) is 3.68. The second kappa shape index (κ2) is 8.44. The van der Waals surface area contributed by atoms with Gasteiger partial charge < -0.3 is 9.84 Å². The van der Waals surface area contributed by atoms with Crippen LogP contribution in [0.5, 0.6) is 0 Å². The van der Waals surface area contributed by atoms with Crippen LogP contribution in [0, 0.1) is 0 Å². The largest absolute Gasteiger partial charge is 0.504 e. The molecule has 0 fully saturated rings. The van der Waals surface area contributed by atoms with Gasteiger partial charge in [0.15, 0.2) is 5.76 Å². The lowest BCUT2D eigenvalue weighted by atomic mass is 9.78. The Bertz CT molecular complexity index is 1130. The molecule has 0 aromatic heterocycles. The van der Waals surface area contributed by atoms with Gasteiger partial charge in [0, 0.05) is 17.9 Å². The summed E-state index contributed by atoms with van der Waals surface area (Å²) in [5.41, 5.74) is 0.324. The molecule has 1 aliphatic heterocycles. The van der Waals surface area contributed by atoms with E-state index in [9.17, 15) is 14.7 Å². The number of Topliss-reactive ketones (excluding diaryl/α,β-unsaturated/α-hetero) is 1. The number of benzene rings is 3. The van der Waals surface area contributed by atoms with Crippen molar-refractivity contribution >= 4 is 11.8 Å². The van der Waals surface area contributed by atoms with Crippen molar-refractivity contribution < 1.29 is 19.4 Å². The Balaban J connectivity index is 1.85. The summed E-state index contributed by atoms with van der Waals surface area (Å²) in [7, 11) is 0. The molecule has 2 atom stereocenters. The molecular weight excluding hydrogens is 388 g/mol. The number of hydrogen-bond donors (Lipinski definition) is 1. The van der Waals surface area contributed by atoms with Crippen LogP contribution in [0.15, 0.2) is 115 Å². The average molecular weight is 410 g/mol. The fourth-order valence-corrected chi connectivity index (χ4v) is 4.02. The van der Waals surface area contributed by atoms with Crippen molar-refractivity contribution in [2.45, 2.75) is 17.9 Å². The van der Waals surface area contributed by atoms with Gasteiger partial charge in [0.1, 0.15) is 0 Å². The van der Waals surface area contributed by atoms with Crippen molar-refractivity contribution in [3.05, 3.63) is 132 Å². The van der Waals surface area contributed by atoms with E-state index < -0.39 is 29.0 Å². The predicted molar refractivity (Wildman–Crippen MR) is 118 cm³/mol. The van der Waals surface area contributed by atoms with Gasteiger partial charge in [-0.25, -0.2) is 4.79 Å². The lowest BCUT2D eigenvalue weighted by Gasteiger charge is -2.37. The molecule has 4 nitrogen and oxygen atoms in total. The van der Waals surface area contributed by atoms with E-state index in [1.165, 1.54) is 6.08 Å². The van der Waals surface area contributed by atoms with Crippen LogP contribution in [0.25, 0.3) is 0 Å². The molecular formula is C27H22O4. The molecule has 0 bridgehead atoms. The number of aliphatic hydroxyl groups is 1. The van der Waals surface area contributed by atoms with E-state index in [1.807, 2.05) is 66.7 Å². The van der Waals surface area contributed by atoms with Gasteiger partial charge in [-0.1, -0.05) is 97.1 Å². The van der Waals surface area contributed by atoms with Crippen molar-refractivity contribution in [3.63, 3.8) is 0 Å². The summed E-state index contributed by atoms with van der Waals surface area (Å²) < 4.78 is 5.91. The van der Waals surface area contributed by atoms with Crippen molar-refractivity contribution in [1.82, 2.24) is 0 Å². The van der Waals surface area contributed by atoms with Crippen LogP contribution in [-0.2, 0) is 26.3 Å². The van der Waals surface area contributed by atoms with Crippen molar-refractivity contribution in [1.29, 1.82) is 0 Å². The molecule has 1 heterocycles. The number of carbonyl (C=O) groups is 2. The summed E-state index contributed by atoms with van der Waals surface area (Å²) >= 11 is 0. The number of cyclic esters (lactones) is 1. The van der Waals surface area contributed by atoms with Crippen molar-refractivity contribution in [2.75, 3.05) is 0 Å². The molecule has 3 aromatic rings. The summed E-state index contributed by atoms with van der Waals surface area (Å²) in [5, 5.41) is 11.0. The van der Waals surface area contributed by atoms with Gasteiger partial charge in [0.25, 0.3) is 0 Å². The maximum atomic E-state index is 13.6. The number of allylic oxidation sites excluding steroid dienone is 1. The Morgan fingerprint density at radius 3 is 2.00 bits per heavy atom. The quantitative estimate of drug-likeness (QED) is 0.457. The number of rotatable bonds is 6. The van der Waals surface area contributed by atoms with E-state index in [0.29, 0.717) is 5.56 Å². The molecule has 0 aliphatic carbocycles. The molecule has 2 unspecified atom stereocenters. The molecule has 0 saturated carbocycles. The third-order valence-electron chi connectivity index (χ3n) is 5.57. The molecule has 31 heavy (non-hydrogen) atoms. The zero-order valence-corrected chi connectivity index (χ0v) is 16.9. The van der Waals surface area contributed by atoms with E-state index in [1.54, 1.807) is 24.3 Å². The Morgan fingerprint density at radius 2 is 1.42 bits per heavy atom. The molecule has 4 heteroatoms. The van der Waals surface area contributed by atoms with Crippen molar-refractivity contribution in [3.8, 4) is 0 Å². The lowest BCUT2D eigenvalue weighted by Crippen LogP contribution is -2.48. The number of ether oxygens (including phenoxy) is 1. The van der Waals surface area contributed by atoms with Gasteiger partial charge in [-0.3, -0.25) is 4.79 Å². The van der Waals surface area contributed by atoms with Crippen LogP contribution in [0.3, 0.4) is 0 Å². The van der Waals surface area contributed by atoms with Crippen LogP contribution in [0.2, 0.25) is 0 Å². The fraction of sp³-hybridized carbons (Fsp3) is 0.111. The van der Waals surface area contributed by atoms with Crippen molar-refractivity contribution in [2.24, 2.45) is 0 Å². The highest BCUT2D eigenvalue weighted by Gasteiger charge is 2.52. The van der Waals surface area contributed by atoms with Crippen LogP contribution in [-0.4, -0.2) is 16.9 Å². The SMILES string of the molecule is C=CC(C1=C(O)C(=O)C(Cc2ccccc2)(c2ccccc2)OC1=O)c1ccccc1. The Labute approximate surface area is 181 Å². The Kier molecular flexibility index (Phi) is 5.54. The van der Waals surface area contributed by atoms with E-state index in [0.717, 1.165) is 11.1 Å². The van der Waals surface area contributed by atoms with E-state index in [2.05, 4.69) is 6.58 Å². The van der Waals surface area contributed by atoms with E-state index in [4.69, 9.17) is 4.74 Å². The first-order chi connectivity index (χ1) is 15.1. The van der Waals surface area contributed by atoms with Crippen LogP contribution in [0.1, 0.15) is 22.6 Å². The fourth-order valence-electron chi connectivity index (χ4n) is 4.02. The van der Waals surface area contributed by atoms with E-state index in [-0.39, 0.29) is 12.0 Å². The zero-order chi connectivity index (χ0) is 21.8. The molecule has 1 aliphatic rings. The number of aliphatic hydroxyl groups excluding tert-OH is 1. The van der Waals surface area contributed by atoms with Gasteiger partial charge in [0.2, 0.25) is 11.4 Å². The minimum absolute atomic E-state index is 0.0918. The average Bonchev–Trinajstić information content (AvgIpc) is 2.82. The minimum Gasteiger partial charge on any atom is -0.504 e. The molecule has 0 radical (unpaired) electrons. The molecule has 4 rings (SSSR count). The van der Waals surface area contributed by atoms with Crippen LogP contribution >= 0.6 is 0 Å². The van der Waals surface area contributed by atoms with Gasteiger partial charge >= 0.3 is 5.97 Å². The molecule has 0 saturated heterocycles. The number of carbonyl (C=O) groups excluding carboxylic acids is 2. The van der Waals surface area contributed by atoms with Gasteiger partial charge in [-0.15, -0.1) is 6.58 Å². The number of ketones is 1. The summed E-state index contributed by atoms with van der Waals surface area (Å²) in [6.45, 7) is 3.80. The smallest absolute Gasteiger partial charge is 0.340 e. The van der Waals surface area contributed by atoms with E-state index >= 15 is 0 Å². The second-order valence-electron chi connectivity index (χ2n) is 7.46. The lowest BCUT2D eigenvalue weighted by molar-refractivity contribution is -0.169. The number of esters is 1. The minimum atomic E-state index is -1.64. The summed E-state index contributed by atoms with van der Waals surface area (Å²) in [6, 6.07) is 27.2. The molecule has 0 spiro atoms. The van der Waals surface area contributed by atoms with Gasteiger partial charge in [-0.05, 0) is 11.1 Å². The molecule has 1 N–H and O–H groups in total. The maximum Gasteiger partial charge on any atom is 0.340 e. The molecule has 154 valence electrons. The highest BCUT2D eigenvalue weighted by atomic mass is 16.6.